The lowest BCUT2D eigenvalue weighted by molar-refractivity contribution is -0.149. The molecule has 3 heterocycles. The minimum atomic E-state index is -4.20. The van der Waals surface area contributed by atoms with E-state index in [1.165, 1.54) is 0 Å². The maximum absolute atomic E-state index is 14.7. The predicted molar refractivity (Wildman–Crippen MR) is 184 cm³/mol. The molecule has 13 nitrogen and oxygen atoms in total. The first-order valence-corrected chi connectivity index (χ1v) is 17.9. The highest BCUT2D eigenvalue weighted by molar-refractivity contribution is 7.52. The third kappa shape index (κ3) is 8.08. The number of esters is 1. The van der Waals surface area contributed by atoms with Crippen molar-refractivity contribution in [3.05, 3.63) is 48.3 Å². The standard InChI is InChI=1S/C34H47N6O7P/c1-9-43-30-28-29(37-33(35)38-30)40(22(5)36-28)31-21(4)17-24(46-31)18-45-48(42,39-27(20(2)3)32(41)44-19-34(6,7)8)47-26-16-12-14-23-13-10-11-15-25(23)26/h10-16,20-21,24,27,31H,9,17-19H2,1-8H3,(H,39,42)(H2,35,37,38). The lowest BCUT2D eigenvalue weighted by Crippen LogP contribution is -2.42. The molecule has 2 aromatic carbocycles. The fourth-order valence-corrected chi connectivity index (χ4v) is 7.36. The van der Waals surface area contributed by atoms with Gasteiger partial charge in [0.15, 0.2) is 11.2 Å². The molecular formula is C34H47N6O7P. The van der Waals surface area contributed by atoms with Gasteiger partial charge < -0.3 is 24.5 Å². The van der Waals surface area contributed by atoms with Crippen LogP contribution in [0.1, 0.15) is 66.9 Å². The van der Waals surface area contributed by atoms with E-state index in [1.54, 1.807) is 6.07 Å². The maximum Gasteiger partial charge on any atom is 0.459 e. The molecule has 1 aliphatic heterocycles. The molecule has 0 saturated carbocycles. The topological polar surface area (TPSA) is 162 Å². The summed E-state index contributed by atoms with van der Waals surface area (Å²) in [7, 11) is -4.20. The minimum Gasteiger partial charge on any atom is -0.476 e. The molecule has 0 radical (unpaired) electrons. The Kier molecular flexibility index (Phi) is 10.6. The molecule has 5 unspecified atom stereocenters. The van der Waals surface area contributed by atoms with Crippen LogP contribution in [0.5, 0.6) is 11.6 Å². The minimum absolute atomic E-state index is 0.00329. The third-order valence-electron chi connectivity index (χ3n) is 7.95. The summed E-state index contributed by atoms with van der Waals surface area (Å²) in [6, 6.07) is 12.1. The molecule has 5 rings (SSSR count). The van der Waals surface area contributed by atoms with Crippen LogP contribution in [-0.2, 0) is 23.4 Å². The Morgan fingerprint density at radius 3 is 2.58 bits per heavy atom. The second-order valence-corrected chi connectivity index (χ2v) is 15.5. The van der Waals surface area contributed by atoms with Gasteiger partial charge >= 0.3 is 13.7 Å². The molecule has 0 amide bonds. The maximum atomic E-state index is 14.7. The van der Waals surface area contributed by atoms with Crippen LogP contribution in [0, 0.1) is 24.2 Å². The predicted octanol–water partition coefficient (Wildman–Crippen LogP) is 6.60. The van der Waals surface area contributed by atoms with Crippen LogP contribution in [0.4, 0.5) is 5.95 Å². The molecule has 1 fully saturated rings. The molecule has 3 N–H and O–H groups in total. The van der Waals surface area contributed by atoms with Crippen LogP contribution in [0.15, 0.2) is 42.5 Å². The van der Waals surface area contributed by atoms with Gasteiger partial charge in [-0.05, 0) is 43.1 Å². The number of carbonyl (C=O) groups is 1. The molecule has 0 spiro atoms. The van der Waals surface area contributed by atoms with E-state index in [2.05, 4.69) is 27.0 Å². The van der Waals surface area contributed by atoms with Crippen molar-refractivity contribution in [2.24, 2.45) is 17.3 Å². The second kappa shape index (κ2) is 14.4. The van der Waals surface area contributed by atoms with Gasteiger partial charge in [-0.15, -0.1) is 0 Å². The van der Waals surface area contributed by atoms with Crippen molar-refractivity contribution in [2.45, 2.75) is 80.2 Å². The summed E-state index contributed by atoms with van der Waals surface area (Å²) in [6.45, 7) is 15.9. The molecule has 1 aliphatic rings. The van der Waals surface area contributed by atoms with Crippen molar-refractivity contribution in [1.82, 2.24) is 24.6 Å². The van der Waals surface area contributed by atoms with Crippen LogP contribution in [-0.4, -0.2) is 57.5 Å². The number of rotatable bonds is 13. The summed E-state index contributed by atoms with van der Waals surface area (Å²) in [5, 5.41) is 4.59. The zero-order valence-corrected chi connectivity index (χ0v) is 29.8. The molecular weight excluding hydrogens is 635 g/mol. The molecule has 2 aromatic heterocycles. The number of hydrogen-bond donors (Lipinski definition) is 2. The summed E-state index contributed by atoms with van der Waals surface area (Å²) in [6.07, 6.45) is -0.350. The van der Waals surface area contributed by atoms with Crippen molar-refractivity contribution in [1.29, 1.82) is 0 Å². The summed E-state index contributed by atoms with van der Waals surface area (Å²) < 4.78 is 46.7. The van der Waals surface area contributed by atoms with E-state index in [-0.39, 0.29) is 36.4 Å². The Hall–Kier alpha value is -3.77. The fraction of sp³-hybridized carbons (Fsp3) is 0.529. The lowest BCUT2D eigenvalue weighted by Gasteiger charge is -2.28. The van der Waals surface area contributed by atoms with Gasteiger partial charge in [-0.1, -0.05) is 77.9 Å². The number of nitrogens with one attached hydrogen (secondary N) is 1. The number of aryl methyl sites for hydroxylation is 1. The third-order valence-corrected chi connectivity index (χ3v) is 9.47. The average Bonchev–Trinajstić information content (AvgIpc) is 3.55. The highest BCUT2D eigenvalue weighted by atomic mass is 31.2. The number of nitrogens with zero attached hydrogens (tertiary/aromatic N) is 4. The van der Waals surface area contributed by atoms with E-state index in [0.29, 0.717) is 41.6 Å². The van der Waals surface area contributed by atoms with Gasteiger partial charge in [0.2, 0.25) is 11.8 Å². The summed E-state index contributed by atoms with van der Waals surface area (Å²) >= 11 is 0. The fourth-order valence-electron chi connectivity index (χ4n) is 5.65. The van der Waals surface area contributed by atoms with E-state index in [0.717, 1.165) is 10.8 Å². The molecule has 0 aliphatic carbocycles. The number of nitrogens with two attached hydrogens (primary N) is 1. The Morgan fingerprint density at radius 2 is 1.88 bits per heavy atom. The number of carbonyl (C=O) groups excluding carboxylic acids is 1. The number of benzene rings is 2. The number of ether oxygens (including phenoxy) is 3. The average molecular weight is 683 g/mol. The van der Waals surface area contributed by atoms with Gasteiger partial charge in [0.25, 0.3) is 0 Å². The SMILES string of the molecule is CCOc1nc(N)nc2c1nc(C)n2C1OC(COP(=O)(NC(C(=O)OCC(C)(C)C)C(C)C)Oc2cccc3ccccc23)CC1C. The smallest absolute Gasteiger partial charge is 0.459 e. The lowest BCUT2D eigenvalue weighted by atomic mass is 9.98. The number of imidazole rings is 1. The quantitative estimate of drug-likeness (QED) is 0.115. The Labute approximate surface area is 281 Å². The highest BCUT2D eigenvalue weighted by Gasteiger charge is 2.41. The van der Waals surface area contributed by atoms with Crippen molar-refractivity contribution < 1.29 is 32.6 Å². The number of fused-ring (bicyclic) bond motifs is 2. The Morgan fingerprint density at radius 1 is 1.15 bits per heavy atom. The molecule has 1 saturated heterocycles. The van der Waals surface area contributed by atoms with Gasteiger partial charge in [-0.2, -0.15) is 15.1 Å². The molecule has 260 valence electrons. The van der Waals surface area contributed by atoms with Gasteiger partial charge in [0, 0.05) is 11.3 Å². The Bertz CT molecular complexity index is 1800. The van der Waals surface area contributed by atoms with Crippen molar-refractivity contribution in [3.63, 3.8) is 0 Å². The van der Waals surface area contributed by atoms with Gasteiger partial charge in [-0.25, -0.2) is 9.55 Å². The first-order chi connectivity index (χ1) is 22.7. The van der Waals surface area contributed by atoms with E-state index in [9.17, 15) is 9.36 Å². The van der Waals surface area contributed by atoms with Crippen LogP contribution in [0.3, 0.4) is 0 Å². The number of hydrogen-bond acceptors (Lipinski definition) is 11. The normalized spacial score (nSPS) is 20.2. The summed E-state index contributed by atoms with van der Waals surface area (Å²) in [5.74, 6) is 0.572. The van der Waals surface area contributed by atoms with Crippen molar-refractivity contribution in [3.8, 4) is 11.6 Å². The highest BCUT2D eigenvalue weighted by Crippen LogP contribution is 2.48. The zero-order valence-electron chi connectivity index (χ0n) is 28.9. The molecule has 4 aromatic rings. The monoisotopic (exact) mass is 682 g/mol. The molecule has 48 heavy (non-hydrogen) atoms. The first-order valence-electron chi connectivity index (χ1n) is 16.3. The Balaban J connectivity index is 1.40. The van der Waals surface area contributed by atoms with E-state index < -0.39 is 32.1 Å². The van der Waals surface area contributed by atoms with Gasteiger partial charge in [-0.3, -0.25) is 13.9 Å². The summed E-state index contributed by atoms with van der Waals surface area (Å²) in [4.78, 5) is 26.6. The number of aromatic nitrogens is 4. The van der Waals surface area contributed by atoms with Crippen LogP contribution < -0.4 is 20.1 Å². The molecule has 14 heteroatoms. The largest absolute Gasteiger partial charge is 0.476 e. The summed E-state index contributed by atoms with van der Waals surface area (Å²) in [5.41, 5.74) is 6.77. The van der Waals surface area contributed by atoms with Gasteiger partial charge in [0.1, 0.15) is 23.8 Å². The van der Waals surface area contributed by atoms with Gasteiger partial charge in [0.05, 0.1) is 25.9 Å². The van der Waals surface area contributed by atoms with Crippen LogP contribution in [0.25, 0.3) is 21.9 Å². The van der Waals surface area contributed by atoms with Crippen LogP contribution >= 0.6 is 7.75 Å². The first kappa shape index (κ1) is 35.5. The second-order valence-electron chi connectivity index (χ2n) is 13.8. The molecule has 5 atom stereocenters. The van der Waals surface area contributed by atoms with Crippen LogP contribution in [0.2, 0.25) is 0 Å². The van der Waals surface area contributed by atoms with Crippen molar-refractivity contribution in [2.75, 3.05) is 25.6 Å². The van der Waals surface area contributed by atoms with E-state index in [1.807, 2.05) is 89.4 Å². The molecule has 0 bridgehead atoms. The zero-order chi connectivity index (χ0) is 34.8. The number of nitrogen functional groups attached to an aromatic ring is 1. The van der Waals surface area contributed by atoms with Crippen molar-refractivity contribution >= 4 is 41.6 Å². The number of anilines is 1. The van der Waals surface area contributed by atoms with E-state index >= 15 is 0 Å². The van der Waals surface area contributed by atoms with E-state index in [4.69, 9.17) is 29.0 Å².